The molecule has 136 valence electrons. The van der Waals surface area contributed by atoms with Crippen LogP contribution in [-0.4, -0.2) is 25.7 Å². The highest BCUT2D eigenvalue weighted by atomic mass is 79.9. The molecule has 0 aliphatic carbocycles. The Morgan fingerprint density at radius 2 is 2.08 bits per heavy atom. The van der Waals surface area contributed by atoms with Gasteiger partial charge in [0.1, 0.15) is 5.75 Å². The minimum atomic E-state index is -0.569. The van der Waals surface area contributed by atoms with Gasteiger partial charge in [0.25, 0.3) is 0 Å². The molecule has 0 spiro atoms. The minimum absolute atomic E-state index is 0.325. The molecule has 0 radical (unpaired) electrons. The summed E-state index contributed by atoms with van der Waals surface area (Å²) < 4.78 is 11.2. The van der Waals surface area contributed by atoms with Crippen LogP contribution in [0.1, 0.15) is 44.7 Å². The summed E-state index contributed by atoms with van der Waals surface area (Å²) in [4.78, 5) is 24.5. The number of allylic oxidation sites excluding steroid dienone is 1. The quantitative estimate of drug-likeness (QED) is 0.669. The van der Waals surface area contributed by atoms with Gasteiger partial charge < -0.3 is 20.1 Å². The van der Waals surface area contributed by atoms with Gasteiger partial charge in [0.2, 0.25) is 0 Å². The third-order valence-electron chi connectivity index (χ3n) is 3.93. The number of methoxy groups -OCH3 is 1. The third-order valence-corrected chi connectivity index (χ3v) is 4.55. The molecule has 1 aliphatic heterocycles. The fourth-order valence-corrected chi connectivity index (χ4v) is 3.25. The first-order chi connectivity index (χ1) is 12.0. The van der Waals surface area contributed by atoms with Gasteiger partial charge in [0.05, 0.1) is 29.8 Å². The van der Waals surface area contributed by atoms with E-state index in [2.05, 4.69) is 33.5 Å². The number of ether oxygens (including phenoxy) is 2. The van der Waals surface area contributed by atoms with Crippen molar-refractivity contribution in [1.29, 1.82) is 0 Å². The number of nitrogens with one attached hydrogen (secondary N) is 2. The topological polar surface area (TPSA) is 76.7 Å². The van der Waals surface area contributed by atoms with Gasteiger partial charge in [-0.05, 0) is 53.4 Å². The number of urea groups is 1. The standard InChI is InChI=1S/C18H23BrN2O4/c1-4-6-7-13-15(17(22)24-3)16(21-18(23)20-13)11-8-9-14(25-5-2)12(19)10-11/h8-10,16H,4-7H2,1-3H3,(H2,20,21,23). The zero-order valence-electron chi connectivity index (χ0n) is 14.6. The molecule has 1 heterocycles. The molecule has 1 atom stereocenters. The minimum Gasteiger partial charge on any atom is -0.493 e. The summed E-state index contributed by atoms with van der Waals surface area (Å²) in [7, 11) is 1.34. The van der Waals surface area contributed by atoms with Gasteiger partial charge >= 0.3 is 12.0 Å². The van der Waals surface area contributed by atoms with E-state index >= 15 is 0 Å². The van der Waals surface area contributed by atoms with Crippen LogP contribution in [0.15, 0.2) is 33.9 Å². The lowest BCUT2D eigenvalue weighted by Crippen LogP contribution is -2.45. The molecule has 25 heavy (non-hydrogen) atoms. The summed E-state index contributed by atoms with van der Waals surface area (Å²) in [6.07, 6.45) is 2.44. The Morgan fingerprint density at radius 3 is 2.68 bits per heavy atom. The summed E-state index contributed by atoms with van der Waals surface area (Å²) in [5.41, 5.74) is 1.83. The van der Waals surface area contributed by atoms with E-state index in [9.17, 15) is 9.59 Å². The summed E-state index contributed by atoms with van der Waals surface area (Å²) in [6, 6.07) is 4.61. The fourth-order valence-electron chi connectivity index (χ4n) is 2.74. The van der Waals surface area contributed by atoms with Crippen LogP contribution in [0.3, 0.4) is 0 Å². The van der Waals surface area contributed by atoms with Gasteiger partial charge in [-0.15, -0.1) is 0 Å². The number of halogens is 1. The maximum atomic E-state index is 12.4. The largest absolute Gasteiger partial charge is 0.493 e. The van der Waals surface area contributed by atoms with Crippen molar-refractivity contribution in [3.63, 3.8) is 0 Å². The molecule has 1 aromatic carbocycles. The molecule has 0 bridgehead atoms. The van der Waals surface area contributed by atoms with Gasteiger partial charge in [-0.3, -0.25) is 0 Å². The molecule has 6 nitrogen and oxygen atoms in total. The van der Waals surface area contributed by atoms with Gasteiger partial charge in [-0.25, -0.2) is 9.59 Å². The number of amides is 2. The van der Waals surface area contributed by atoms with Crippen LogP contribution in [0.2, 0.25) is 0 Å². The summed E-state index contributed by atoms with van der Waals surface area (Å²) in [5, 5.41) is 5.57. The zero-order valence-corrected chi connectivity index (χ0v) is 16.2. The molecule has 0 saturated heterocycles. The van der Waals surface area contributed by atoms with Gasteiger partial charge in [0, 0.05) is 5.70 Å². The second-order valence-electron chi connectivity index (χ2n) is 5.64. The molecule has 0 saturated carbocycles. The molecule has 0 fully saturated rings. The number of carbonyl (C=O) groups excluding carboxylic acids is 2. The second-order valence-corrected chi connectivity index (χ2v) is 6.50. The van der Waals surface area contributed by atoms with Crippen LogP contribution in [0.4, 0.5) is 4.79 Å². The molecule has 1 aliphatic rings. The Morgan fingerprint density at radius 1 is 1.32 bits per heavy atom. The highest BCUT2D eigenvalue weighted by Gasteiger charge is 2.33. The van der Waals surface area contributed by atoms with E-state index in [1.807, 2.05) is 25.1 Å². The smallest absolute Gasteiger partial charge is 0.337 e. The van der Waals surface area contributed by atoms with Crippen molar-refractivity contribution in [3.05, 3.63) is 39.5 Å². The van der Waals surface area contributed by atoms with E-state index in [1.165, 1.54) is 7.11 Å². The maximum absolute atomic E-state index is 12.4. The number of hydrogen-bond acceptors (Lipinski definition) is 4. The molecular formula is C18H23BrN2O4. The molecule has 2 amide bonds. The fraction of sp³-hybridized carbons (Fsp3) is 0.444. The van der Waals surface area contributed by atoms with Crippen molar-refractivity contribution in [3.8, 4) is 5.75 Å². The van der Waals surface area contributed by atoms with E-state index in [4.69, 9.17) is 9.47 Å². The van der Waals surface area contributed by atoms with E-state index in [0.29, 0.717) is 30.0 Å². The summed E-state index contributed by atoms with van der Waals surface area (Å²) in [5.74, 6) is 0.259. The Balaban J connectivity index is 2.46. The molecule has 2 rings (SSSR count). The van der Waals surface area contributed by atoms with Crippen LogP contribution < -0.4 is 15.4 Å². The molecule has 1 unspecified atom stereocenters. The van der Waals surface area contributed by atoms with Gasteiger partial charge in [-0.2, -0.15) is 0 Å². The zero-order chi connectivity index (χ0) is 18.4. The van der Waals surface area contributed by atoms with Crippen molar-refractivity contribution in [2.24, 2.45) is 0 Å². The summed E-state index contributed by atoms with van der Waals surface area (Å²) in [6.45, 7) is 4.52. The number of esters is 1. The van der Waals surface area contributed by atoms with Crippen LogP contribution in [0.25, 0.3) is 0 Å². The van der Waals surface area contributed by atoms with Crippen molar-refractivity contribution >= 4 is 27.9 Å². The maximum Gasteiger partial charge on any atom is 0.337 e. The van der Waals surface area contributed by atoms with Crippen molar-refractivity contribution in [2.45, 2.75) is 39.2 Å². The van der Waals surface area contributed by atoms with Crippen LogP contribution in [-0.2, 0) is 9.53 Å². The predicted octanol–water partition coefficient (Wildman–Crippen LogP) is 3.82. The molecule has 0 aromatic heterocycles. The van der Waals surface area contributed by atoms with Crippen molar-refractivity contribution in [1.82, 2.24) is 10.6 Å². The van der Waals surface area contributed by atoms with Crippen LogP contribution >= 0.6 is 15.9 Å². The second kappa shape index (κ2) is 8.89. The number of rotatable bonds is 7. The average molecular weight is 411 g/mol. The number of benzene rings is 1. The normalized spacial score (nSPS) is 17.0. The highest BCUT2D eigenvalue weighted by molar-refractivity contribution is 9.10. The molecule has 2 N–H and O–H groups in total. The number of carbonyl (C=O) groups is 2. The first-order valence-corrected chi connectivity index (χ1v) is 9.12. The lowest BCUT2D eigenvalue weighted by Gasteiger charge is -2.29. The van der Waals surface area contributed by atoms with Crippen molar-refractivity contribution in [2.75, 3.05) is 13.7 Å². The first-order valence-electron chi connectivity index (χ1n) is 8.32. The SMILES string of the molecule is CCCCC1=C(C(=O)OC)C(c2ccc(OCC)c(Br)c2)NC(=O)N1. The Bertz CT molecular complexity index is 688. The lowest BCUT2D eigenvalue weighted by atomic mass is 9.93. The van der Waals surface area contributed by atoms with Crippen LogP contribution in [0.5, 0.6) is 5.75 Å². The third kappa shape index (κ3) is 4.54. The Kier molecular flexibility index (Phi) is 6.87. The lowest BCUT2D eigenvalue weighted by molar-refractivity contribution is -0.136. The molecular weight excluding hydrogens is 388 g/mol. The van der Waals surface area contributed by atoms with E-state index in [1.54, 1.807) is 0 Å². The van der Waals surface area contributed by atoms with E-state index in [-0.39, 0.29) is 6.03 Å². The van der Waals surface area contributed by atoms with E-state index in [0.717, 1.165) is 22.9 Å². The predicted molar refractivity (Wildman–Crippen MR) is 98.3 cm³/mol. The highest BCUT2D eigenvalue weighted by Crippen LogP contribution is 2.34. The van der Waals surface area contributed by atoms with Crippen molar-refractivity contribution < 1.29 is 19.1 Å². The number of unbranched alkanes of at least 4 members (excludes halogenated alkanes) is 1. The first kappa shape index (κ1) is 19.3. The van der Waals surface area contributed by atoms with Gasteiger partial charge in [-0.1, -0.05) is 19.4 Å². The molecule has 7 heteroatoms. The number of hydrogen-bond donors (Lipinski definition) is 2. The van der Waals surface area contributed by atoms with E-state index < -0.39 is 12.0 Å². The average Bonchev–Trinajstić information content (AvgIpc) is 2.60. The molecule has 1 aromatic rings. The van der Waals surface area contributed by atoms with Gasteiger partial charge in [0.15, 0.2) is 0 Å². The monoisotopic (exact) mass is 410 g/mol. The Hall–Kier alpha value is -2.02. The summed E-state index contributed by atoms with van der Waals surface area (Å²) >= 11 is 3.48. The Labute approximate surface area is 156 Å². The van der Waals surface area contributed by atoms with Crippen LogP contribution in [0, 0.1) is 0 Å².